The Bertz CT molecular complexity index is 673. The molecule has 1 heterocycles. The second kappa shape index (κ2) is 9.12. The lowest BCUT2D eigenvalue weighted by Gasteiger charge is -2.18. The monoisotopic (exact) mass is 346 g/mol. The number of anilines is 1. The number of rotatable bonds is 8. The van der Waals surface area contributed by atoms with Gasteiger partial charge in [0.25, 0.3) is 0 Å². The molecular formula is C17H22N4O2S. The zero-order chi connectivity index (χ0) is 17.4. The van der Waals surface area contributed by atoms with Gasteiger partial charge in [0.15, 0.2) is 0 Å². The number of nitrogens with one attached hydrogen (secondary N) is 2. The van der Waals surface area contributed by atoms with Gasteiger partial charge in [0, 0.05) is 30.2 Å². The maximum atomic E-state index is 12.5. The molecule has 2 aromatic rings. The van der Waals surface area contributed by atoms with Crippen molar-refractivity contribution in [2.75, 3.05) is 17.3 Å². The van der Waals surface area contributed by atoms with Gasteiger partial charge in [-0.1, -0.05) is 13.0 Å². The molecule has 2 N–H and O–H groups in total. The van der Waals surface area contributed by atoms with Crippen LogP contribution in [-0.4, -0.2) is 39.4 Å². The van der Waals surface area contributed by atoms with E-state index in [4.69, 9.17) is 0 Å². The number of hydrogen-bond acceptors (Lipinski definition) is 4. The van der Waals surface area contributed by atoms with Crippen LogP contribution in [0.5, 0.6) is 0 Å². The standard InChI is InChI=1S/C17H22N4O2S/c1-3-16(22)20-15(7-10-24-2)17(23)19-13-5-4-6-14(11-13)21-9-8-18-12-21/h4-6,8-9,11-12,15H,3,7,10H2,1-2H3,(H,19,23)(H,20,22)/t15-/m0/s1. The van der Waals surface area contributed by atoms with Crippen molar-refractivity contribution >= 4 is 29.3 Å². The predicted octanol–water partition coefficient (Wildman–Crippen LogP) is 2.46. The molecule has 2 rings (SSSR count). The van der Waals surface area contributed by atoms with Gasteiger partial charge in [0.05, 0.1) is 6.33 Å². The van der Waals surface area contributed by atoms with Crippen LogP contribution in [0.3, 0.4) is 0 Å². The minimum atomic E-state index is -0.526. The van der Waals surface area contributed by atoms with Crippen LogP contribution in [-0.2, 0) is 9.59 Å². The highest BCUT2D eigenvalue weighted by Crippen LogP contribution is 2.15. The third-order valence-corrected chi connectivity index (χ3v) is 4.14. The fourth-order valence-electron chi connectivity index (χ4n) is 2.19. The molecule has 0 aliphatic heterocycles. The van der Waals surface area contributed by atoms with Crippen molar-refractivity contribution in [1.29, 1.82) is 0 Å². The molecular weight excluding hydrogens is 324 g/mol. The van der Waals surface area contributed by atoms with Gasteiger partial charge in [-0.2, -0.15) is 11.8 Å². The van der Waals surface area contributed by atoms with Gasteiger partial charge in [-0.05, 0) is 36.6 Å². The third kappa shape index (κ3) is 5.13. The molecule has 0 fully saturated rings. The van der Waals surface area contributed by atoms with Crippen LogP contribution in [0.2, 0.25) is 0 Å². The van der Waals surface area contributed by atoms with Crippen LogP contribution in [0, 0.1) is 0 Å². The minimum Gasteiger partial charge on any atom is -0.344 e. The van der Waals surface area contributed by atoms with Gasteiger partial charge in [-0.3, -0.25) is 9.59 Å². The van der Waals surface area contributed by atoms with Crippen molar-refractivity contribution < 1.29 is 9.59 Å². The molecule has 0 bridgehead atoms. The van der Waals surface area contributed by atoms with Gasteiger partial charge in [-0.15, -0.1) is 0 Å². The zero-order valence-corrected chi connectivity index (χ0v) is 14.7. The lowest BCUT2D eigenvalue weighted by Crippen LogP contribution is -2.44. The van der Waals surface area contributed by atoms with E-state index in [1.165, 1.54) is 0 Å². The van der Waals surface area contributed by atoms with Gasteiger partial charge in [-0.25, -0.2) is 4.98 Å². The Morgan fingerprint density at radius 2 is 2.21 bits per heavy atom. The molecule has 0 aliphatic carbocycles. The molecule has 7 heteroatoms. The lowest BCUT2D eigenvalue weighted by atomic mass is 10.2. The molecule has 128 valence electrons. The normalized spacial score (nSPS) is 11.8. The summed E-state index contributed by atoms with van der Waals surface area (Å²) in [6.45, 7) is 1.77. The zero-order valence-electron chi connectivity index (χ0n) is 13.9. The molecule has 1 atom stereocenters. The van der Waals surface area contributed by atoms with Crippen molar-refractivity contribution in [1.82, 2.24) is 14.9 Å². The molecule has 24 heavy (non-hydrogen) atoms. The number of thioether (sulfide) groups is 1. The maximum Gasteiger partial charge on any atom is 0.246 e. The Labute approximate surface area is 146 Å². The second-order valence-corrected chi connectivity index (χ2v) is 6.25. The molecule has 0 unspecified atom stereocenters. The van der Waals surface area contributed by atoms with Gasteiger partial charge < -0.3 is 15.2 Å². The van der Waals surface area contributed by atoms with Crippen LogP contribution < -0.4 is 10.6 Å². The Balaban J connectivity index is 2.08. The maximum absolute atomic E-state index is 12.5. The largest absolute Gasteiger partial charge is 0.344 e. The lowest BCUT2D eigenvalue weighted by molar-refractivity contribution is -0.126. The SMILES string of the molecule is CCC(=O)N[C@@H](CCSC)C(=O)Nc1cccc(-n2ccnc2)c1. The average Bonchev–Trinajstić information content (AvgIpc) is 3.13. The van der Waals surface area contributed by atoms with E-state index in [2.05, 4.69) is 15.6 Å². The number of aromatic nitrogens is 2. The van der Waals surface area contributed by atoms with Gasteiger partial charge >= 0.3 is 0 Å². The summed E-state index contributed by atoms with van der Waals surface area (Å²) in [6.07, 6.45) is 8.17. The van der Waals surface area contributed by atoms with E-state index in [-0.39, 0.29) is 11.8 Å². The molecule has 0 saturated heterocycles. The molecule has 1 aromatic heterocycles. The molecule has 0 spiro atoms. The van der Waals surface area contributed by atoms with Crippen molar-refractivity contribution in [3.8, 4) is 5.69 Å². The van der Waals surface area contributed by atoms with Crippen LogP contribution >= 0.6 is 11.8 Å². The summed E-state index contributed by atoms with van der Waals surface area (Å²) in [5, 5.41) is 5.67. The fourth-order valence-corrected chi connectivity index (χ4v) is 2.66. The smallest absolute Gasteiger partial charge is 0.246 e. The topological polar surface area (TPSA) is 76.0 Å². The number of hydrogen-bond donors (Lipinski definition) is 2. The Kier molecular flexibility index (Phi) is 6.87. The van der Waals surface area contributed by atoms with Crippen LogP contribution in [0.4, 0.5) is 5.69 Å². The van der Waals surface area contributed by atoms with E-state index in [1.807, 2.05) is 41.3 Å². The van der Waals surface area contributed by atoms with E-state index >= 15 is 0 Å². The van der Waals surface area contributed by atoms with Crippen LogP contribution in [0.15, 0.2) is 43.0 Å². The first kappa shape index (κ1) is 18.1. The molecule has 0 aliphatic rings. The van der Waals surface area contributed by atoms with Crippen molar-refractivity contribution in [2.24, 2.45) is 0 Å². The Morgan fingerprint density at radius 3 is 2.88 bits per heavy atom. The summed E-state index contributed by atoms with van der Waals surface area (Å²) in [5.74, 6) is 0.481. The molecule has 1 aromatic carbocycles. The van der Waals surface area contributed by atoms with E-state index in [0.29, 0.717) is 18.5 Å². The van der Waals surface area contributed by atoms with E-state index in [0.717, 1.165) is 11.4 Å². The van der Waals surface area contributed by atoms with E-state index in [1.54, 1.807) is 31.2 Å². The first-order chi connectivity index (χ1) is 11.6. The third-order valence-electron chi connectivity index (χ3n) is 3.50. The molecule has 6 nitrogen and oxygen atoms in total. The summed E-state index contributed by atoms with van der Waals surface area (Å²) in [4.78, 5) is 28.2. The van der Waals surface area contributed by atoms with E-state index in [9.17, 15) is 9.59 Å². The molecule has 0 radical (unpaired) electrons. The molecule has 2 amide bonds. The summed E-state index contributed by atoms with van der Waals surface area (Å²) < 4.78 is 1.86. The van der Waals surface area contributed by atoms with Gasteiger partial charge in [0.2, 0.25) is 11.8 Å². The summed E-state index contributed by atoms with van der Waals surface area (Å²) >= 11 is 1.65. The summed E-state index contributed by atoms with van der Waals surface area (Å²) in [7, 11) is 0. The highest BCUT2D eigenvalue weighted by atomic mass is 32.2. The predicted molar refractivity (Wildman–Crippen MR) is 97.4 cm³/mol. The average molecular weight is 346 g/mol. The van der Waals surface area contributed by atoms with Crippen LogP contribution in [0.25, 0.3) is 5.69 Å². The van der Waals surface area contributed by atoms with Crippen molar-refractivity contribution in [2.45, 2.75) is 25.8 Å². The number of carbonyl (C=O) groups excluding carboxylic acids is 2. The van der Waals surface area contributed by atoms with Gasteiger partial charge in [0.1, 0.15) is 6.04 Å². The number of amides is 2. The fraction of sp³-hybridized carbons (Fsp3) is 0.353. The first-order valence-electron chi connectivity index (χ1n) is 7.81. The number of imidazole rings is 1. The molecule has 0 saturated carbocycles. The van der Waals surface area contributed by atoms with Crippen molar-refractivity contribution in [3.63, 3.8) is 0 Å². The second-order valence-electron chi connectivity index (χ2n) is 5.26. The quantitative estimate of drug-likeness (QED) is 0.770. The van der Waals surface area contributed by atoms with Crippen molar-refractivity contribution in [3.05, 3.63) is 43.0 Å². The number of benzene rings is 1. The number of carbonyl (C=O) groups is 2. The highest BCUT2D eigenvalue weighted by Gasteiger charge is 2.20. The van der Waals surface area contributed by atoms with Crippen LogP contribution in [0.1, 0.15) is 19.8 Å². The Morgan fingerprint density at radius 1 is 1.38 bits per heavy atom. The minimum absolute atomic E-state index is 0.122. The van der Waals surface area contributed by atoms with E-state index < -0.39 is 6.04 Å². The summed E-state index contributed by atoms with van der Waals surface area (Å²) in [6, 6.07) is 6.97. The Hall–Kier alpha value is -2.28. The summed E-state index contributed by atoms with van der Waals surface area (Å²) in [5.41, 5.74) is 1.59. The first-order valence-corrected chi connectivity index (χ1v) is 9.21. The number of nitrogens with zero attached hydrogens (tertiary/aromatic N) is 2. The highest BCUT2D eigenvalue weighted by molar-refractivity contribution is 7.98.